The Bertz CT molecular complexity index is 351. The van der Waals surface area contributed by atoms with Crippen LogP contribution in [0.25, 0.3) is 0 Å². The van der Waals surface area contributed by atoms with Crippen molar-refractivity contribution in [3.8, 4) is 6.07 Å². The smallest absolute Gasteiger partial charge is 0.317 e. The summed E-state index contributed by atoms with van der Waals surface area (Å²) in [5, 5.41) is 20.2. The van der Waals surface area contributed by atoms with Gasteiger partial charge >= 0.3 is 12.0 Å². The molecule has 2 unspecified atom stereocenters. The van der Waals surface area contributed by atoms with Crippen LogP contribution in [0.15, 0.2) is 0 Å². The summed E-state index contributed by atoms with van der Waals surface area (Å²) < 4.78 is 0. The molecule has 1 fully saturated rings. The minimum atomic E-state index is -0.785. The molecule has 6 nitrogen and oxygen atoms in total. The van der Waals surface area contributed by atoms with Crippen LogP contribution in [0.1, 0.15) is 32.1 Å². The highest BCUT2D eigenvalue weighted by Crippen LogP contribution is 2.24. The van der Waals surface area contributed by atoms with Crippen LogP contribution in [-0.2, 0) is 4.79 Å². The van der Waals surface area contributed by atoms with Gasteiger partial charge in [0.2, 0.25) is 0 Å². The number of carbonyl (C=O) groups excluding carboxylic acids is 1. The van der Waals surface area contributed by atoms with Crippen molar-refractivity contribution in [2.24, 2.45) is 5.92 Å². The molecule has 0 aromatic rings. The van der Waals surface area contributed by atoms with Gasteiger partial charge in [-0.05, 0) is 19.3 Å². The first-order chi connectivity index (χ1) is 8.54. The van der Waals surface area contributed by atoms with Crippen LogP contribution in [0, 0.1) is 17.2 Å². The van der Waals surface area contributed by atoms with Crippen molar-refractivity contribution in [3.63, 3.8) is 0 Å². The first-order valence-electron chi connectivity index (χ1n) is 6.16. The molecule has 6 heteroatoms. The minimum absolute atomic E-state index is 0.0723. The third-order valence-corrected chi connectivity index (χ3v) is 3.26. The number of hydrogen-bond acceptors (Lipinski definition) is 3. The Balaban J connectivity index is 2.39. The molecule has 1 aliphatic rings. The fourth-order valence-corrected chi connectivity index (χ4v) is 2.15. The molecule has 0 bridgehead atoms. The summed E-state index contributed by atoms with van der Waals surface area (Å²) in [6.45, 7) is 0.386. The van der Waals surface area contributed by atoms with Crippen LogP contribution in [0.4, 0.5) is 4.79 Å². The number of nitriles is 1. The van der Waals surface area contributed by atoms with Crippen LogP contribution in [0.5, 0.6) is 0 Å². The lowest BCUT2D eigenvalue weighted by Gasteiger charge is -2.29. The van der Waals surface area contributed by atoms with Crippen molar-refractivity contribution in [1.82, 2.24) is 10.2 Å². The number of carbonyl (C=O) groups is 2. The van der Waals surface area contributed by atoms with Crippen LogP contribution < -0.4 is 5.32 Å². The van der Waals surface area contributed by atoms with Gasteiger partial charge in [-0.25, -0.2) is 4.79 Å². The van der Waals surface area contributed by atoms with Gasteiger partial charge in [0.05, 0.1) is 18.4 Å². The molecule has 0 spiro atoms. The Morgan fingerprint density at radius 1 is 1.50 bits per heavy atom. The topological polar surface area (TPSA) is 93.4 Å². The Morgan fingerprint density at radius 2 is 2.22 bits per heavy atom. The van der Waals surface area contributed by atoms with Gasteiger partial charge in [-0.15, -0.1) is 0 Å². The van der Waals surface area contributed by atoms with E-state index in [2.05, 4.69) is 5.32 Å². The molecule has 0 saturated heterocycles. The van der Waals surface area contributed by atoms with E-state index in [1.165, 1.54) is 4.90 Å². The highest BCUT2D eigenvalue weighted by atomic mass is 16.4. The summed E-state index contributed by atoms with van der Waals surface area (Å²) in [5.41, 5.74) is 0. The first-order valence-corrected chi connectivity index (χ1v) is 6.16. The average molecular weight is 253 g/mol. The van der Waals surface area contributed by atoms with E-state index in [4.69, 9.17) is 10.4 Å². The molecule has 18 heavy (non-hydrogen) atoms. The van der Waals surface area contributed by atoms with Gasteiger partial charge in [0.1, 0.15) is 0 Å². The molecule has 0 heterocycles. The molecule has 0 radical (unpaired) electrons. The summed E-state index contributed by atoms with van der Waals surface area (Å²) >= 11 is 0. The molecular formula is C12H19N3O3. The van der Waals surface area contributed by atoms with E-state index in [0.29, 0.717) is 25.8 Å². The highest BCUT2D eigenvalue weighted by molar-refractivity contribution is 5.74. The highest BCUT2D eigenvalue weighted by Gasteiger charge is 2.28. The van der Waals surface area contributed by atoms with Crippen LogP contribution >= 0.6 is 0 Å². The average Bonchev–Trinajstić information content (AvgIpc) is 2.36. The van der Waals surface area contributed by atoms with E-state index in [0.717, 1.165) is 12.8 Å². The Hall–Kier alpha value is -1.77. The fraction of sp³-hybridized carbons (Fsp3) is 0.750. The molecule has 2 amide bonds. The molecule has 100 valence electrons. The predicted molar refractivity (Wildman–Crippen MR) is 64.8 cm³/mol. The molecule has 1 saturated carbocycles. The molecule has 0 aromatic carbocycles. The van der Waals surface area contributed by atoms with E-state index in [1.807, 2.05) is 6.07 Å². The molecule has 2 atom stereocenters. The molecular weight excluding hydrogens is 234 g/mol. The van der Waals surface area contributed by atoms with E-state index in [9.17, 15) is 9.59 Å². The number of nitrogens with zero attached hydrogens (tertiary/aromatic N) is 2. The maximum Gasteiger partial charge on any atom is 0.317 e. The molecule has 0 aliphatic heterocycles. The van der Waals surface area contributed by atoms with Gasteiger partial charge in [-0.1, -0.05) is 6.42 Å². The normalized spacial score (nSPS) is 22.9. The maximum atomic E-state index is 11.8. The predicted octanol–water partition coefficient (Wildman–Crippen LogP) is 1.18. The number of hydrogen-bond donors (Lipinski definition) is 2. The molecule has 1 rings (SSSR count). The van der Waals surface area contributed by atoms with Crippen LogP contribution in [0.3, 0.4) is 0 Å². The summed E-state index contributed by atoms with van der Waals surface area (Å²) in [7, 11) is 1.63. The summed E-state index contributed by atoms with van der Waals surface area (Å²) in [6.07, 6.45) is 3.12. The molecule has 0 aromatic heterocycles. The Kier molecular flexibility index (Phi) is 5.43. The van der Waals surface area contributed by atoms with E-state index in [1.54, 1.807) is 7.05 Å². The zero-order chi connectivity index (χ0) is 13.5. The van der Waals surface area contributed by atoms with Crippen LogP contribution in [-0.4, -0.2) is 41.6 Å². The summed E-state index contributed by atoms with van der Waals surface area (Å²) in [5.74, 6) is -1.14. The van der Waals surface area contributed by atoms with Crippen molar-refractivity contribution in [2.45, 2.75) is 38.1 Å². The van der Waals surface area contributed by atoms with Gasteiger partial charge in [0, 0.05) is 19.6 Å². The van der Waals surface area contributed by atoms with Crippen molar-refractivity contribution in [3.05, 3.63) is 0 Å². The van der Waals surface area contributed by atoms with Crippen molar-refractivity contribution in [1.29, 1.82) is 5.26 Å². The van der Waals surface area contributed by atoms with Gasteiger partial charge in [-0.3, -0.25) is 4.79 Å². The number of carboxylic acids is 1. The summed E-state index contributed by atoms with van der Waals surface area (Å²) in [4.78, 5) is 24.1. The minimum Gasteiger partial charge on any atom is -0.481 e. The Labute approximate surface area is 107 Å². The van der Waals surface area contributed by atoms with Gasteiger partial charge in [-0.2, -0.15) is 5.26 Å². The number of carboxylic acid groups (broad SMARTS) is 1. The van der Waals surface area contributed by atoms with Gasteiger partial charge in [0.15, 0.2) is 0 Å². The lowest BCUT2D eigenvalue weighted by molar-refractivity contribution is -0.143. The SMILES string of the molecule is CN(CCC#N)C(=O)NC1CCCC(C(=O)O)C1. The second kappa shape index (κ2) is 6.84. The zero-order valence-electron chi connectivity index (χ0n) is 10.6. The Morgan fingerprint density at radius 3 is 2.83 bits per heavy atom. The van der Waals surface area contributed by atoms with E-state index in [-0.39, 0.29) is 18.0 Å². The van der Waals surface area contributed by atoms with Crippen LogP contribution in [0.2, 0.25) is 0 Å². The van der Waals surface area contributed by atoms with E-state index >= 15 is 0 Å². The lowest BCUT2D eigenvalue weighted by Crippen LogP contribution is -2.45. The largest absolute Gasteiger partial charge is 0.481 e. The maximum absolute atomic E-state index is 11.8. The monoisotopic (exact) mass is 253 g/mol. The molecule has 1 aliphatic carbocycles. The van der Waals surface area contributed by atoms with Crippen molar-refractivity contribution in [2.75, 3.05) is 13.6 Å². The van der Waals surface area contributed by atoms with Gasteiger partial charge < -0.3 is 15.3 Å². The summed E-state index contributed by atoms with van der Waals surface area (Å²) in [6, 6.07) is 1.67. The first kappa shape index (κ1) is 14.3. The van der Waals surface area contributed by atoms with E-state index < -0.39 is 5.97 Å². The van der Waals surface area contributed by atoms with Crippen molar-refractivity contribution >= 4 is 12.0 Å². The quantitative estimate of drug-likeness (QED) is 0.786. The third-order valence-electron chi connectivity index (χ3n) is 3.26. The standard InChI is InChI=1S/C12H19N3O3/c1-15(7-3-6-13)12(18)14-10-5-2-4-9(8-10)11(16)17/h9-10H,2-5,7-8H2,1H3,(H,14,18)(H,16,17). The number of aliphatic carboxylic acids is 1. The number of amides is 2. The third kappa shape index (κ3) is 4.24. The number of nitrogens with one attached hydrogen (secondary N) is 1. The van der Waals surface area contributed by atoms with Crippen molar-refractivity contribution < 1.29 is 14.7 Å². The second-order valence-corrected chi connectivity index (χ2v) is 4.68. The fourth-order valence-electron chi connectivity index (χ4n) is 2.15. The second-order valence-electron chi connectivity index (χ2n) is 4.68. The van der Waals surface area contributed by atoms with Gasteiger partial charge in [0.25, 0.3) is 0 Å². The number of rotatable bonds is 4. The molecule has 2 N–H and O–H groups in total. The zero-order valence-corrected chi connectivity index (χ0v) is 10.6. The number of urea groups is 1. The lowest BCUT2D eigenvalue weighted by atomic mass is 9.86.